The van der Waals surface area contributed by atoms with Gasteiger partial charge in [-0.05, 0) is 38.0 Å². The van der Waals surface area contributed by atoms with E-state index in [9.17, 15) is 0 Å². The Hall–Kier alpha value is 0.270. The second kappa shape index (κ2) is 4.03. The molecule has 82 valence electrons. The quantitative estimate of drug-likeness (QED) is 0.773. The first-order chi connectivity index (χ1) is 6.65. The molecule has 2 N–H and O–H groups in total. The number of piperidine rings is 1. The predicted octanol–water partition coefficient (Wildman–Crippen LogP) is 1.55. The highest BCUT2D eigenvalue weighted by atomic mass is 32.2. The van der Waals surface area contributed by atoms with Gasteiger partial charge in [-0.1, -0.05) is 6.92 Å². The third-order valence-electron chi connectivity index (χ3n) is 3.81. The topological polar surface area (TPSA) is 29.3 Å². The van der Waals surface area contributed by atoms with Gasteiger partial charge in [0.25, 0.3) is 0 Å². The van der Waals surface area contributed by atoms with Crippen LogP contribution in [0.3, 0.4) is 0 Å². The van der Waals surface area contributed by atoms with Crippen molar-refractivity contribution in [3.05, 3.63) is 0 Å². The van der Waals surface area contributed by atoms with Gasteiger partial charge in [-0.2, -0.15) is 11.8 Å². The lowest BCUT2D eigenvalue weighted by molar-refractivity contribution is 0.163. The second-order valence-electron chi connectivity index (χ2n) is 5.05. The number of hydrogen-bond acceptors (Lipinski definition) is 3. The number of nitrogens with zero attached hydrogens (tertiary/aromatic N) is 1. The molecule has 1 saturated heterocycles. The SMILES string of the molecule is CSC1(CN2CCC(N)C(C)C2)CC1. The molecule has 2 nitrogen and oxygen atoms in total. The molecule has 0 amide bonds. The highest BCUT2D eigenvalue weighted by Gasteiger charge is 2.43. The van der Waals surface area contributed by atoms with E-state index in [1.807, 2.05) is 0 Å². The van der Waals surface area contributed by atoms with E-state index in [-0.39, 0.29) is 0 Å². The molecule has 1 heterocycles. The largest absolute Gasteiger partial charge is 0.327 e. The first-order valence-electron chi connectivity index (χ1n) is 5.68. The van der Waals surface area contributed by atoms with Crippen LogP contribution >= 0.6 is 11.8 Å². The van der Waals surface area contributed by atoms with Crippen LogP contribution in [0.15, 0.2) is 0 Å². The smallest absolute Gasteiger partial charge is 0.0285 e. The molecular weight excluding hydrogens is 192 g/mol. The third kappa shape index (κ3) is 2.26. The first-order valence-corrected chi connectivity index (χ1v) is 6.91. The summed E-state index contributed by atoms with van der Waals surface area (Å²) < 4.78 is 0.626. The van der Waals surface area contributed by atoms with Crippen molar-refractivity contribution in [1.82, 2.24) is 4.90 Å². The van der Waals surface area contributed by atoms with Crippen molar-refractivity contribution in [2.24, 2.45) is 11.7 Å². The molecule has 2 rings (SSSR count). The van der Waals surface area contributed by atoms with E-state index in [4.69, 9.17) is 5.73 Å². The molecule has 14 heavy (non-hydrogen) atoms. The van der Waals surface area contributed by atoms with Crippen LogP contribution in [0.5, 0.6) is 0 Å². The van der Waals surface area contributed by atoms with Gasteiger partial charge in [-0.3, -0.25) is 0 Å². The minimum Gasteiger partial charge on any atom is -0.327 e. The van der Waals surface area contributed by atoms with Gasteiger partial charge in [0.05, 0.1) is 0 Å². The van der Waals surface area contributed by atoms with Crippen LogP contribution in [-0.2, 0) is 0 Å². The van der Waals surface area contributed by atoms with Crippen LogP contribution in [0, 0.1) is 5.92 Å². The lowest BCUT2D eigenvalue weighted by atomic mass is 9.95. The Morgan fingerprint density at radius 2 is 2.21 bits per heavy atom. The molecule has 1 aliphatic carbocycles. The average molecular weight is 214 g/mol. The highest BCUT2D eigenvalue weighted by Crippen LogP contribution is 2.47. The van der Waals surface area contributed by atoms with Crippen LogP contribution in [0.1, 0.15) is 26.2 Å². The Bertz CT molecular complexity index is 203. The molecule has 2 aliphatic rings. The van der Waals surface area contributed by atoms with Crippen LogP contribution in [0.4, 0.5) is 0 Å². The van der Waals surface area contributed by atoms with Crippen molar-refractivity contribution in [1.29, 1.82) is 0 Å². The molecule has 2 fully saturated rings. The summed E-state index contributed by atoms with van der Waals surface area (Å²) in [6, 6.07) is 0.440. The number of nitrogens with two attached hydrogens (primary N) is 1. The standard InChI is InChI=1S/C11H22N2S/c1-9-7-13(6-3-10(9)12)8-11(14-2)4-5-11/h9-10H,3-8,12H2,1-2H3. The molecular formula is C11H22N2S. The summed E-state index contributed by atoms with van der Waals surface area (Å²) >= 11 is 2.06. The molecule has 1 aliphatic heterocycles. The lowest BCUT2D eigenvalue weighted by Gasteiger charge is -2.36. The fourth-order valence-corrected chi connectivity index (χ4v) is 3.19. The molecule has 0 bridgehead atoms. The van der Waals surface area contributed by atoms with E-state index in [1.54, 1.807) is 0 Å². The number of rotatable bonds is 3. The summed E-state index contributed by atoms with van der Waals surface area (Å²) in [7, 11) is 0. The second-order valence-corrected chi connectivity index (χ2v) is 6.33. The Morgan fingerprint density at radius 3 is 2.71 bits per heavy atom. The maximum atomic E-state index is 6.02. The highest BCUT2D eigenvalue weighted by molar-refractivity contribution is 8.00. The Balaban J connectivity index is 1.82. The monoisotopic (exact) mass is 214 g/mol. The van der Waals surface area contributed by atoms with Crippen LogP contribution in [0.25, 0.3) is 0 Å². The van der Waals surface area contributed by atoms with Crippen LogP contribution < -0.4 is 5.73 Å². The summed E-state index contributed by atoms with van der Waals surface area (Å²) in [5.74, 6) is 0.682. The molecule has 1 saturated carbocycles. The minimum absolute atomic E-state index is 0.440. The average Bonchev–Trinajstić information content (AvgIpc) is 2.93. The zero-order valence-electron chi connectivity index (χ0n) is 9.33. The molecule has 3 heteroatoms. The van der Waals surface area contributed by atoms with Crippen molar-refractivity contribution < 1.29 is 0 Å². The maximum Gasteiger partial charge on any atom is 0.0285 e. The van der Waals surface area contributed by atoms with Crippen molar-refractivity contribution >= 4 is 11.8 Å². The van der Waals surface area contributed by atoms with Gasteiger partial charge in [0, 0.05) is 23.9 Å². The zero-order chi connectivity index (χ0) is 10.2. The van der Waals surface area contributed by atoms with Gasteiger partial charge >= 0.3 is 0 Å². The maximum absolute atomic E-state index is 6.02. The minimum atomic E-state index is 0.440. The number of thioether (sulfide) groups is 1. The van der Waals surface area contributed by atoms with Gasteiger partial charge in [0.1, 0.15) is 0 Å². The predicted molar refractivity (Wildman–Crippen MR) is 63.7 cm³/mol. The van der Waals surface area contributed by atoms with E-state index in [1.165, 1.54) is 38.9 Å². The van der Waals surface area contributed by atoms with Crippen molar-refractivity contribution in [3.8, 4) is 0 Å². The Kier molecular flexibility index (Phi) is 3.10. The summed E-state index contributed by atoms with van der Waals surface area (Å²) in [6.07, 6.45) is 6.29. The Morgan fingerprint density at radius 1 is 1.50 bits per heavy atom. The van der Waals surface area contributed by atoms with Crippen LogP contribution in [0.2, 0.25) is 0 Å². The van der Waals surface area contributed by atoms with E-state index < -0.39 is 0 Å². The molecule has 0 aromatic rings. The summed E-state index contributed by atoms with van der Waals surface area (Å²) in [5, 5.41) is 0. The van der Waals surface area contributed by atoms with Gasteiger partial charge in [0.15, 0.2) is 0 Å². The first kappa shape index (κ1) is 10.8. The summed E-state index contributed by atoms with van der Waals surface area (Å²) in [5.41, 5.74) is 6.02. The van der Waals surface area contributed by atoms with E-state index in [0.717, 1.165) is 0 Å². The molecule has 0 spiro atoms. The van der Waals surface area contributed by atoms with Gasteiger partial charge in [0.2, 0.25) is 0 Å². The normalized spacial score (nSPS) is 37.1. The van der Waals surface area contributed by atoms with Gasteiger partial charge in [-0.25, -0.2) is 0 Å². The third-order valence-corrected chi connectivity index (χ3v) is 5.21. The van der Waals surface area contributed by atoms with Crippen LogP contribution in [-0.4, -0.2) is 41.6 Å². The molecule has 2 atom stereocenters. The molecule has 0 aromatic heterocycles. The van der Waals surface area contributed by atoms with E-state index >= 15 is 0 Å². The number of hydrogen-bond donors (Lipinski definition) is 1. The van der Waals surface area contributed by atoms with Crippen molar-refractivity contribution in [3.63, 3.8) is 0 Å². The van der Waals surface area contributed by atoms with Gasteiger partial charge in [-0.15, -0.1) is 0 Å². The summed E-state index contributed by atoms with van der Waals surface area (Å²) in [4.78, 5) is 2.62. The van der Waals surface area contributed by atoms with Gasteiger partial charge < -0.3 is 10.6 Å². The fourth-order valence-electron chi connectivity index (χ4n) is 2.37. The van der Waals surface area contributed by atoms with Crippen molar-refractivity contribution in [2.45, 2.75) is 37.0 Å². The van der Waals surface area contributed by atoms with E-state index in [0.29, 0.717) is 16.7 Å². The molecule has 2 unspecified atom stereocenters. The fraction of sp³-hybridized carbons (Fsp3) is 1.00. The lowest BCUT2D eigenvalue weighted by Crippen LogP contribution is -2.48. The molecule has 0 aromatic carbocycles. The van der Waals surface area contributed by atoms with Crippen molar-refractivity contribution in [2.75, 3.05) is 25.9 Å². The molecule has 0 radical (unpaired) electrons. The number of likely N-dealkylation sites (tertiary alicyclic amines) is 1. The zero-order valence-corrected chi connectivity index (χ0v) is 10.1. The summed E-state index contributed by atoms with van der Waals surface area (Å²) in [6.45, 7) is 6.01. The Labute approximate surface area is 91.6 Å². The van der Waals surface area contributed by atoms with E-state index in [2.05, 4.69) is 29.8 Å².